The van der Waals surface area contributed by atoms with Gasteiger partial charge in [-0.3, -0.25) is 19.2 Å². The Morgan fingerprint density at radius 3 is 1.00 bits per heavy atom. The number of epoxide rings is 1. The van der Waals surface area contributed by atoms with Gasteiger partial charge in [0.1, 0.15) is 0 Å². The van der Waals surface area contributed by atoms with Gasteiger partial charge in [-0.2, -0.15) is 0 Å². The highest BCUT2D eigenvalue weighted by Gasteiger charge is 2.76. The summed E-state index contributed by atoms with van der Waals surface area (Å²) in [5.41, 5.74) is 0. The molecular formula is C16H20O9. The molecule has 1 heterocycles. The van der Waals surface area contributed by atoms with Crippen LogP contribution in [-0.2, 0) is 42.9 Å². The predicted octanol–water partition coefficient (Wildman–Crippen LogP) is -0.830. The Balaban J connectivity index is 2.12. The molecule has 0 aromatic heterocycles. The van der Waals surface area contributed by atoms with E-state index in [4.69, 9.17) is 23.7 Å². The summed E-state index contributed by atoms with van der Waals surface area (Å²) in [4.78, 5) is 49.6. The molecule has 1 saturated heterocycles. The van der Waals surface area contributed by atoms with Crippen LogP contribution < -0.4 is 0 Å². The number of esters is 4. The van der Waals surface area contributed by atoms with Crippen LogP contribution in [0, 0.1) is 35.5 Å². The van der Waals surface area contributed by atoms with Gasteiger partial charge in [-0.15, -0.1) is 0 Å². The molecule has 4 fully saturated rings. The normalized spacial score (nSPS) is 40.5. The molecule has 4 unspecified atom stereocenters. The number of fused-ring (bicyclic) bond motifs is 2. The molecule has 4 rings (SSSR count). The first kappa shape index (κ1) is 17.7. The Morgan fingerprint density at radius 1 is 0.560 bits per heavy atom. The zero-order valence-corrected chi connectivity index (χ0v) is 14.3. The van der Waals surface area contributed by atoms with Crippen LogP contribution in [0.3, 0.4) is 0 Å². The van der Waals surface area contributed by atoms with Crippen molar-refractivity contribution in [2.24, 2.45) is 35.5 Å². The summed E-state index contributed by atoms with van der Waals surface area (Å²) in [6.07, 6.45) is -0.806. The van der Waals surface area contributed by atoms with Crippen LogP contribution >= 0.6 is 0 Å². The van der Waals surface area contributed by atoms with Crippen molar-refractivity contribution in [3.05, 3.63) is 0 Å². The van der Waals surface area contributed by atoms with Crippen molar-refractivity contribution in [3.63, 3.8) is 0 Å². The van der Waals surface area contributed by atoms with E-state index >= 15 is 0 Å². The van der Waals surface area contributed by atoms with Crippen molar-refractivity contribution < 1.29 is 42.9 Å². The van der Waals surface area contributed by atoms with Crippen LogP contribution in [0.2, 0.25) is 0 Å². The topological polar surface area (TPSA) is 118 Å². The Labute approximate surface area is 143 Å². The Hall–Kier alpha value is -2.16. The number of ether oxygens (including phenoxy) is 5. The van der Waals surface area contributed by atoms with Gasteiger partial charge in [0.05, 0.1) is 64.3 Å². The smallest absolute Gasteiger partial charge is 0.309 e. The standard InChI is InChI=1S/C16H20O9/c1-21-13(17)7-5-9(15(19)23-3)10(16(20)24-4)6(12-11(5)25-12)8(7)14(18)22-2/h5-12H,1-4H3/t5?,6?,7-,8+,9+,10-,11?,12?. The lowest BCUT2D eigenvalue weighted by Crippen LogP contribution is -2.63. The second kappa shape index (κ2) is 6.29. The lowest BCUT2D eigenvalue weighted by atomic mass is 9.50. The molecule has 0 spiro atoms. The highest BCUT2D eigenvalue weighted by Crippen LogP contribution is 2.63. The van der Waals surface area contributed by atoms with Crippen LogP contribution in [0.4, 0.5) is 0 Å². The number of carbonyl (C=O) groups is 4. The van der Waals surface area contributed by atoms with Gasteiger partial charge in [-0.05, 0) is 0 Å². The molecule has 3 saturated carbocycles. The van der Waals surface area contributed by atoms with Gasteiger partial charge in [0, 0.05) is 11.8 Å². The summed E-state index contributed by atoms with van der Waals surface area (Å²) in [6, 6.07) is 0. The van der Waals surface area contributed by atoms with Crippen LogP contribution in [0.25, 0.3) is 0 Å². The lowest BCUT2D eigenvalue weighted by Gasteiger charge is -2.49. The zero-order valence-electron chi connectivity index (χ0n) is 14.3. The third-order valence-electron chi connectivity index (χ3n) is 5.65. The maximum Gasteiger partial charge on any atom is 0.309 e. The number of hydrogen-bond acceptors (Lipinski definition) is 9. The summed E-state index contributed by atoms with van der Waals surface area (Å²) in [5, 5.41) is 0. The summed E-state index contributed by atoms with van der Waals surface area (Å²) >= 11 is 0. The zero-order chi connectivity index (χ0) is 18.5. The molecule has 3 aliphatic carbocycles. The SMILES string of the molecule is COC(=O)[C@@H]1C2C3OC3C([C@@H](C(=O)OC)[C@H]2C(=O)OC)[C@@H]1C(=O)OC. The summed E-state index contributed by atoms with van der Waals surface area (Å²) in [7, 11) is 4.81. The molecule has 0 aromatic rings. The van der Waals surface area contributed by atoms with Crippen molar-refractivity contribution in [1.29, 1.82) is 0 Å². The molecule has 0 aromatic carbocycles. The highest BCUT2D eigenvalue weighted by atomic mass is 16.6. The first-order chi connectivity index (χ1) is 11.9. The highest BCUT2D eigenvalue weighted by molar-refractivity contribution is 5.90. The van der Waals surface area contributed by atoms with Gasteiger partial charge in [-0.25, -0.2) is 0 Å². The van der Waals surface area contributed by atoms with Crippen LogP contribution in [-0.4, -0.2) is 64.5 Å². The molecule has 138 valence electrons. The van der Waals surface area contributed by atoms with E-state index in [-0.39, 0.29) is 0 Å². The molecule has 9 heteroatoms. The van der Waals surface area contributed by atoms with E-state index < -0.39 is 71.6 Å². The first-order valence-electron chi connectivity index (χ1n) is 7.89. The minimum Gasteiger partial charge on any atom is -0.469 e. The van der Waals surface area contributed by atoms with Crippen LogP contribution in [0.1, 0.15) is 0 Å². The van der Waals surface area contributed by atoms with E-state index in [0.29, 0.717) is 0 Å². The van der Waals surface area contributed by atoms with E-state index in [9.17, 15) is 19.2 Å². The average Bonchev–Trinajstić information content (AvgIpc) is 3.45. The summed E-state index contributed by atoms with van der Waals surface area (Å²) in [6.45, 7) is 0. The van der Waals surface area contributed by atoms with Gasteiger partial charge < -0.3 is 23.7 Å². The van der Waals surface area contributed by atoms with E-state index in [1.165, 1.54) is 28.4 Å². The van der Waals surface area contributed by atoms with Crippen molar-refractivity contribution in [1.82, 2.24) is 0 Å². The third-order valence-corrected chi connectivity index (χ3v) is 5.65. The van der Waals surface area contributed by atoms with E-state index in [0.717, 1.165) is 0 Å². The molecule has 25 heavy (non-hydrogen) atoms. The van der Waals surface area contributed by atoms with Gasteiger partial charge in [-0.1, -0.05) is 0 Å². The quantitative estimate of drug-likeness (QED) is 0.361. The molecule has 9 nitrogen and oxygen atoms in total. The molecule has 2 bridgehead atoms. The fraction of sp³-hybridized carbons (Fsp3) is 0.750. The fourth-order valence-electron chi connectivity index (χ4n) is 4.74. The summed E-state index contributed by atoms with van der Waals surface area (Å²) in [5.74, 6) is -7.80. The van der Waals surface area contributed by atoms with Gasteiger partial charge in [0.25, 0.3) is 0 Å². The van der Waals surface area contributed by atoms with Crippen molar-refractivity contribution in [2.75, 3.05) is 28.4 Å². The molecule has 8 atom stereocenters. The van der Waals surface area contributed by atoms with Gasteiger partial charge in [0.15, 0.2) is 0 Å². The van der Waals surface area contributed by atoms with Crippen LogP contribution in [0.5, 0.6) is 0 Å². The summed E-state index contributed by atoms with van der Waals surface area (Å²) < 4.78 is 25.0. The molecule has 4 aliphatic rings. The Morgan fingerprint density at radius 2 is 0.800 bits per heavy atom. The second-order valence-corrected chi connectivity index (χ2v) is 6.42. The fourth-order valence-corrected chi connectivity index (χ4v) is 4.74. The largest absolute Gasteiger partial charge is 0.469 e. The average molecular weight is 356 g/mol. The lowest BCUT2D eigenvalue weighted by molar-refractivity contribution is -0.190. The maximum absolute atomic E-state index is 12.4. The molecule has 0 radical (unpaired) electrons. The van der Waals surface area contributed by atoms with Crippen molar-refractivity contribution >= 4 is 23.9 Å². The number of carbonyl (C=O) groups excluding carboxylic acids is 4. The minimum atomic E-state index is -0.948. The minimum absolute atomic E-state index is 0.403. The molecule has 0 N–H and O–H groups in total. The van der Waals surface area contributed by atoms with E-state index in [1.54, 1.807) is 0 Å². The molecule has 1 aliphatic heterocycles. The molecular weight excluding hydrogens is 336 g/mol. The number of methoxy groups -OCH3 is 4. The van der Waals surface area contributed by atoms with Crippen molar-refractivity contribution in [2.45, 2.75) is 12.2 Å². The first-order valence-corrected chi connectivity index (χ1v) is 7.89. The second-order valence-electron chi connectivity index (χ2n) is 6.42. The maximum atomic E-state index is 12.4. The predicted molar refractivity (Wildman–Crippen MR) is 77.7 cm³/mol. The van der Waals surface area contributed by atoms with Gasteiger partial charge >= 0.3 is 23.9 Å². The van der Waals surface area contributed by atoms with Gasteiger partial charge in [0.2, 0.25) is 0 Å². The number of hydrogen-bond donors (Lipinski definition) is 0. The van der Waals surface area contributed by atoms with Crippen molar-refractivity contribution in [3.8, 4) is 0 Å². The Kier molecular flexibility index (Phi) is 4.44. The molecule has 0 amide bonds. The van der Waals surface area contributed by atoms with Crippen LogP contribution in [0.15, 0.2) is 0 Å². The monoisotopic (exact) mass is 356 g/mol. The Bertz CT molecular complexity index is 519. The number of rotatable bonds is 4. The van der Waals surface area contributed by atoms with E-state index in [1.807, 2.05) is 0 Å². The third kappa shape index (κ3) is 2.40. The van der Waals surface area contributed by atoms with E-state index in [2.05, 4.69) is 0 Å².